The zero-order chi connectivity index (χ0) is 27.8. The smallest absolute Gasteiger partial charge is 0.481 e. The number of aromatic nitrogens is 2. The molecule has 1 aliphatic rings. The van der Waals surface area contributed by atoms with Crippen molar-refractivity contribution in [1.29, 1.82) is 0 Å². The molecule has 0 bridgehead atoms. The van der Waals surface area contributed by atoms with Gasteiger partial charge in [-0.25, -0.2) is 9.48 Å². The Kier molecular flexibility index (Phi) is 9.07. The Hall–Kier alpha value is -4.06. The molecule has 1 aliphatic heterocycles. The lowest BCUT2D eigenvalue weighted by Crippen LogP contribution is -2.26. The maximum atomic E-state index is 12.8. The normalized spacial score (nSPS) is 15.4. The SMILES string of the molecule is CCOC(=O)COc1ccccc1-c1cc(CNC(=O)c2ccccc2OC(F)(F)F)nn1C1CCCCO1. The van der Waals surface area contributed by atoms with Gasteiger partial charge in [0, 0.05) is 12.2 Å². The number of halogens is 3. The minimum Gasteiger partial charge on any atom is -0.481 e. The zero-order valence-electron chi connectivity index (χ0n) is 21.2. The number of benzene rings is 2. The lowest BCUT2D eigenvalue weighted by Gasteiger charge is -2.25. The summed E-state index contributed by atoms with van der Waals surface area (Å²) in [6.07, 6.45) is -2.72. The number of nitrogens with one attached hydrogen (secondary N) is 1. The maximum absolute atomic E-state index is 12.8. The summed E-state index contributed by atoms with van der Waals surface area (Å²) in [5, 5.41) is 7.25. The highest BCUT2D eigenvalue weighted by molar-refractivity contribution is 5.96. The number of esters is 1. The van der Waals surface area contributed by atoms with Gasteiger partial charge in [-0.2, -0.15) is 5.10 Å². The molecule has 12 heteroatoms. The highest BCUT2D eigenvalue weighted by Crippen LogP contribution is 2.35. The summed E-state index contributed by atoms with van der Waals surface area (Å²) in [6.45, 7) is 2.15. The van der Waals surface area contributed by atoms with E-state index in [9.17, 15) is 22.8 Å². The summed E-state index contributed by atoms with van der Waals surface area (Å²) in [4.78, 5) is 24.6. The fraction of sp³-hybridized carbons (Fsp3) is 0.370. The molecule has 4 rings (SSSR count). The first kappa shape index (κ1) is 28.0. The van der Waals surface area contributed by atoms with Crippen LogP contribution in [0.5, 0.6) is 11.5 Å². The second-order valence-corrected chi connectivity index (χ2v) is 8.60. The van der Waals surface area contributed by atoms with E-state index in [0.29, 0.717) is 35.7 Å². The lowest BCUT2D eigenvalue weighted by atomic mass is 10.1. The molecule has 2 aromatic carbocycles. The van der Waals surface area contributed by atoms with Crippen molar-refractivity contribution in [2.45, 2.75) is 45.3 Å². The summed E-state index contributed by atoms with van der Waals surface area (Å²) >= 11 is 0. The van der Waals surface area contributed by atoms with Crippen LogP contribution in [0.1, 0.15) is 48.5 Å². The predicted octanol–water partition coefficient (Wildman–Crippen LogP) is 5.02. The molecular weight excluding hydrogens is 519 g/mol. The van der Waals surface area contributed by atoms with Crippen molar-refractivity contribution in [2.75, 3.05) is 19.8 Å². The lowest BCUT2D eigenvalue weighted by molar-refractivity contribution is -0.274. The highest BCUT2D eigenvalue weighted by Gasteiger charge is 2.33. The summed E-state index contributed by atoms with van der Waals surface area (Å²) in [7, 11) is 0. The Morgan fingerprint density at radius 3 is 2.56 bits per heavy atom. The maximum Gasteiger partial charge on any atom is 0.573 e. The number of amides is 1. The van der Waals surface area contributed by atoms with Gasteiger partial charge in [0.25, 0.3) is 5.91 Å². The average Bonchev–Trinajstić information content (AvgIpc) is 3.35. The third kappa shape index (κ3) is 7.50. The first-order valence-electron chi connectivity index (χ1n) is 12.5. The van der Waals surface area contributed by atoms with Crippen molar-refractivity contribution in [2.24, 2.45) is 0 Å². The Bertz CT molecular complexity index is 1290. The number of hydrogen-bond acceptors (Lipinski definition) is 7. The van der Waals surface area contributed by atoms with Crippen LogP contribution in [0.2, 0.25) is 0 Å². The number of carbonyl (C=O) groups is 2. The van der Waals surface area contributed by atoms with Crippen molar-refractivity contribution in [1.82, 2.24) is 15.1 Å². The Morgan fingerprint density at radius 2 is 1.85 bits per heavy atom. The Balaban J connectivity index is 1.58. The van der Waals surface area contributed by atoms with Crippen molar-refractivity contribution in [3.8, 4) is 22.8 Å². The van der Waals surface area contributed by atoms with E-state index in [2.05, 4.69) is 15.2 Å². The van der Waals surface area contributed by atoms with Crippen LogP contribution in [0.15, 0.2) is 54.6 Å². The van der Waals surface area contributed by atoms with Gasteiger partial charge in [-0.3, -0.25) is 4.79 Å². The van der Waals surface area contributed by atoms with E-state index in [-0.39, 0.29) is 31.5 Å². The molecule has 1 aromatic heterocycles. The molecule has 1 atom stereocenters. The van der Waals surface area contributed by atoms with Crippen LogP contribution >= 0.6 is 0 Å². The molecule has 39 heavy (non-hydrogen) atoms. The molecule has 1 saturated heterocycles. The van der Waals surface area contributed by atoms with E-state index in [1.807, 2.05) is 12.1 Å². The van der Waals surface area contributed by atoms with Gasteiger partial charge >= 0.3 is 12.3 Å². The topological polar surface area (TPSA) is 101 Å². The summed E-state index contributed by atoms with van der Waals surface area (Å²) in [6, 6.07) is 13.9. The van der Waals surface area contributed by atoms with Crippen LogP contribution in [0, 0.1) is 0 Å². The molecule has 0 spiro atoms. The molecule has 1 amide bonds. The number of rotatable bonds is 10. The van der Waals surface area contributed by atoms with Gasteiger partial charge in [0.1, 0.15) is 11.5 Å². The molecule has 208 valence electrons. The van der Waals surface area contributed by atoms with E-state index < -0.39 is 24.0 Å². The molecule has 0 saturated carbocycles. The van der Waals surface area contributed by atoms with Gasteiger partial charge in [-0.15, -0.1) is 13.2 Å². The minimum absolute atomic E-state index is 0.0717. The summed E-state index contributed by atoms with van der Waals surface area (Å²) in [5.74, 6) is -1.43. The van der Waals surface area contributed by atoms with Crippen molar-refractivity contribution in [3.63, 3.8) is 0 Å². The molecule has 2 heterocycles. The van der Waals surface area contributed by atoms with Crippen LogP contribution in [0.25, 0.3) is 11.3 Å². The van der Waals surface area contributed by atoms with Gasteiger partial charge in [0.15, 0.2) is 12.8 Å². The molecule has 0 aliphatic carbocycles. The Morgan fingerprint density at radius 1 is 1.10 bits per heavy atom. The van der Waals surface area contributed by atoms with Crippen molar-refractivity contribution in [3.05, 3.63) is 65.9 Å². The molecular formula is C27H28F3N3O6. The third-order valence-electron chi connectivity index (χ3n) is 5.82. The van der Waals surface area contributed by atoms with Crippen molar-refractivity contribution >= 4 is 11.9 Å². The number of carbonyl (C=O) groups excluding carboxylic acids is 2. The predicted molar refractivity (Wildman–Crippen MR) is 133 cm³/mol. The molecule has 1 fully saturated rings. The molecule has 3 aromatic rings. The van der Waals surface area contributed by atoms with Gasteiger partial charge in [0.05, 0.1) is 30.1 Å². The number of nitrogens with zero attached hydrogens (tertiary/aromatic N) is 2. The number of ether oxygens (including phenoxy) is 4. The van der Waals surface area contributed by atoms with Crippen LogP contribution < -0.4 is 14.8 Å². The quantitative estimate of drug-likeness (QED) is 0.356. The molecule has 0 radical (unpaired) electrons. The zero-order valence-corrected chi connectivity index (χ0v) is 21.2. The van der Waals surface area contributed by atoms with Crippen molar-refractivity contribution < 1.29 is 41.7 Å². The second-order valence-electron chi connectivity index (χ2n) is 8.60. The monoisotopic (exact) mass is 547 g/mol. The van der Waals surface area contributed by atoms with Crippen LogP contribution in [-0.2, 0) is 20.8 Å². The van der Waals surface area contributed by atoms with Crippen LogP contribution in [-0.4, -0.2) is 47.8 Å². The fourth-order valence-electron chi connectivity index (χ4n) is 4.15. The molecule has 9 nitrogen and oxygen atoms in total. The minimum atomic E-state index is -4.94. The van der Waals surface area contributed by atoms with E-state index in [0.717, 1.165) is 18.9 Å². The largest absolute Gasteiger partial charge is 0.573 e. The van der Waals surface area contributed by atoms with Crippen LogP contribution in [0.3, 0.4) is 0 Å². The average molecular weight is 548 g/mol. The van der Waals surface area contributed by atoms with E-state index in [4.69, 9.17) is 14.2 Å². The first-order chi connectivity index (χ1) is 18.7. The number of hydrogen-bond donors (Lipinski definition) is 1. The fourth-order valence-corrected chi connectivity index (χ4v) is 4.15. The van der Waals surface area contributed by atoms with E-state index >= 15 is 0 Å². The van der Waals surface area contributed by atoms with E-state index in [1.54, 1.807) is 29.8 Å². The second kappa shape index (κ2) is 12.7. The van der Waals surface area contributed by atoms with Crippen LogP contribution in [0.4, 0.5) is 13.2 Å². The first-order valence-corrected chi connectivity index (χ1v) is 12.5. The standard InChI is InChI=1S/C27H28F3N3O6/c1-2-36-25(34)17-38-22-11-5-3-9-19(22)21-15-18(32-33(21)24-13-7-8-14-37-24)16-31-26(35)20-10-4-6-12-23(20)39-27(28,29)30/h3-6,9-12,15,24H,2,7-8,13-14,16-17H2,1H3,(H,31,35). The van der Waals surface area contributed by atoms with Gasteiger partial charge in [0.2, 0.25) is 0 Å². The van der Waals surface area contributed by atoms with Gasteiger partial charge in [-0.1, -0.05) is 24.3 Å². The number of para-hydroxylation sites is 2. The van der Waals surface area contributed by atoms with Gasteiger partial charge in [-0.05, 0) is 56.5 Å². The highest BCUT2D eigenvalue weighted by atomic mass is 19.4. The van der Waals surface area contributed by atoms with E-state index in [1.165, 1.54) is 18.2 Å². The summed E-state index contributed by atoms with van der Waals surface area (Å²) in [5.41, 5.74) is 1.46. The third-order valence-corrected chi connectivity index (χ3v) is 5.82. The molecule has 1 unspecified atom stereocenters. The summed E-state index contributed by atoms with van der Waals surface area (Å²) < 4.78 is 60.6. The molecule has 1 N–H and O–H groups in total. The number of alkyl halides is 3. The van der Waals surface area contributed by atoms with Gasteiger partial charge < -0.3 is 24.3 Å². The Labute approximate surface area is 222 Å².